The van der Waals surface area contributed by atoms with E-state index in [0.717, 1.165) is 36.8 Å². The molecule has 45 heavy (non-hydrogen) atoms. The molecule has 4 rings (SSSR count). The van der Waals surface area contributed by atoms with Crippen LogP contribution >= 0.6 is 0 Å². The van der Waals surface area contributed by atoms with Crippen molar-refractivity contribution in [3.8, 4) is 22.4 Å². The lowest BCUT2D eigenvalue weighted by Gasteiger charge is -2.34. The molecule has 2 aromatic carbocycles. The van der Waals surface area contributed by atoms with Gasteiger partial charge in [-0.05, 0) is 83.9 Å². The van der Waals surface area contributed by atoms with Crippen molar-refractivity contribution in [1.29, 1.82) is 0 Å². The molecule has 8 nitrogen and oxygen atoms in total. The number of rotatable bonds is 8. The van der Waals surface area contributed by atoms with Crippen molar-refractivity contribution in [3.05, 3.63) is 72.2 Å². The SMILES string of the molecule is CC(=O)N(C)C1CCC(CC(=O)Nc2cnc(-c3ccc(C(C)(C)NC(=O)OC(C)(C)C)c(F)c3)c(-c3ccccc3)c2)CC1. The van der Waals surface area contributed by atoms with Crippen molar-refractivity contribution in [2.45, 2.75) is 90.8 Å². The molecule has 2 N–H and O–H groups in total. The van der Waals surface area contributed by atoms with E-state index in [1.54, 1.807) is 64.8 Å². The maximum atomic E-state index is 15.6. The molecule has 1 aromatic heterocycles. The molecule has 1 heterocycles. The number of aromatic nitrogens is 1. The van der Waals surface area contributed by atoms with Gasteiger partial charge in [-0.25, -0.2) is 9.18 Å². The van der Waals surface area contributed by atoms with Crippen LogP contribution < -0.4 is 10.6 Å². The van der Waals surface area contributed by atoms with Crippen LogP contribution in [0.2, 0.25) is 0 Å². The molecule has 3 aromatic rings. The molecule has 0 bridgehead atoms. The van der Waals surface area contributed by atoms with Crippen LogP contribution in [0, 0.1) is 11.7 Å². The molecule has 240 valence electrons. The first-order valence-electron chi connectivity index (χ1n) is 15.5. The molecule has 3 amide bonds. The topological polar surface area (TPSA) is 101 Å². The van der Waals surface area contributed by atoms with E-state index in [4.69, 9.17) is 4.74 Å². The van der Waals surface area contributed by atoms with Crippen LogP contribution in [-0.4, -0.2) is 46.5 Å². The Balaban J connectivity index is 1.53. The largest absolute Gasteiger partial charge is 0.444 e. The summed E-state index contributed by atoms with van der Waals surface area (Å²) in [6.45, 7) is 10.3. The van der Waals surface area contributed by atoms with E-state index in [9.17, 15) is 14.4 Å². The highest BCUT2D eigenvalue weighted by molar-refractivity contribution is 5.93. The van der Waals surface area contributed by atoms with Gasteiger partial charge in [0, 0.05) is 43.1 Å². The van der Waals surface area contributed by atoms with Gasteiger partial charge in [0.15, 0.2) is 0 Å². The van der Waals surface area contributed by atoms with Gasteiger partial charge in [-0.3, -0.25) is 14.6 Å². The molecule has 0 atom stereocenters. The summed E-state index contributed by atoms with van der Waals surface area (Å²) in [5, 5.41) is 5.77. The van der Waals surface area contributed by atoms with Gasteiger partial charge in [0.2, 0.25) is 11.8 Å². The van der Waals surface area contributed by atoms with E-state index in [-0.39, 0.29) is 23.8 Å². The number of pyridine rings is 1. The van der Waals surface area contributed by atoms with E-state index in [0.29, 0.717) is 28.9 Å². The zero-order valence-corrected chi connectivity index (χ0v) is 27.4. The number of amides is 3. The van der Waals surface area contributed by atoms with Crippen molar-refractivity contribution in [3.63, 3.8) is 0 Å². The minimum Gasteiger partial charge on any atom is -0.444 e. The average Bonchev–Trinajstić information content (AvgIpc) is 2.96. The summed E-state index contributed by atoms with van der Waals surface area (Å²) >= 11 is 0. The van der Waals surface area contributed by atoms with Gasteiger partial charge < -0.3 is 20.3 Å². The first-order valence-corrected chi connectivity index (χ1v) is 15.5. The van der Waals surface area contributed by atoms with Gasteiger partial charge in [0.05, 0.1) is 23.1 Å². The number of ether oxygens (including phenoxy) is 1. The molecule has 1 aliphatic carbocycles. The lowest BCUT2D eigenvalue weighted by molar-refractivity contribution is -0.130. The molecule has 1 saturated carbocycles. The van der Waals surface area contributed by atoms with Crippen molar-refractivity contribution in [2.24, 2.45) is 5.92 Å². The summed E-state index contributed by atoms with van der Waals surface area (Å²) in [6, 6.07) is 16.6. The van der Waals surface area contributed by atoms with E-state index >= 15 is 4.39 Å². The summed E-state index contributed by atoms with van der Waals surface area (Å²) in [4.78, 5) is 43.7. The highest BCUT2D eigenvalue weighted by atomic mass is 19.1. The van der Waals surface area contributed by atoms with Gasteiger partial charge in [0.25, 0.3) is 0 Å². The fraction of sp³-hybridized carbons (Fsp3) is 0.444. The number of alkyl carbamates (subject to hydrolysis) is 1. The highest BCUT2D eigenvalue weighted by Gasteiger charge is 2.30. The maximum absolute atomic E-state index is 15.6. The molecule has 9 heteroatoms. The summed E-state index contributed by atoms with van der Waals surface area (Å²) < 4.78 is 21.0. The van der Waals surface area contributed by atoms with Crippen LogP contribution in [0.3, 0.4) is 0 Å². The number of halogens is 1. The molecular formula is C36H45FN4O4. The number of hydrogen-bond donors (Lipinski definition) is 2. The van der Waals surface area contributed by atoms with Crippen LogP contribution in [0.5, 0.6) is 0 Å². The van der Waals surface area contributed by atoms with E-state index in [1.807, 2.05) is 43.4 Å². The Morgan fingerprint density at radius 2 is 1.62 bits per heavy atom. The predicted octanol–water partition coefficient (Wildman–Crippen LogP) is 7.68. The number of carbonyl (C=O) groups excluding carboxylic acids is 3. The number of benzene rings is 2. The Labute approximate surface area is 265 Å². The van der Waals surface area contributed by atoms with Crippen LogP contribution in [0.25, 0.3) is 22.4 Å². The third-order valence-electron chi connectivity index (χ3n) is 8.32. The Kier molecular flexibility index (Phi) is 10.3. The third-order valence-corrected chi connectivity index (χ3v) is 8.32. The van der Waals surface area contributed by atoms with Gasteiger partial charge in [-0.15, -0.1) is 0 Å². The number of nitrogens with one attached hydrogen (secondary N) is 2. The highest BCUT2D eigenvalue weighted by Crippen LogP contribution is 2.35. The van der Waals surface area contributed by atoms with Crippen LogP contribution in [-0.2, 0) is 19.9 Å². The third kappa shape index (κ3) is 8.90. The first-order chi connectivity index (χ1) is 21.1. The molecule has 0 spiro atoms. The molecule has 0 saturated heterocycles. The second-order valence-corrected chi connectivity index (χ2v) is 13.5. The van der Waals surface area contributed by atoms with Gasteiger partial charge >= 0.3 is 6.09 Å². The molecule has 0 unspecified atom stereocenters. The molecule has 1 aliphatic rings. The fourth-order valence-corrected chi connectivity index (χ4v) is 5.86. The smallest absolute Gasteiger partial charge is 0.408 e. The van der Waals surface area contributed by atoms with Crippen LogP contribution in [0.4, 0.5) is 14.9 Å². The monoisotopic (exact) mass is 616 g/mol. The lowest BCUT2D eigenvalue weighted by atomic mass is 9.83. The zero-order valence-electron chi connectivity index (χ0n) is 27.4. The van der Waals surface area contributed by atoms with Crippen LogP contribution in [0.15, 0.2) is 60.8 Å². The van der Waals surface area contributed by atoms with Gasteiger partial charge in [-0.2, -0.15) is 0 Å². The summed E-state index contributed by atoms with van der Waals surface area (Å²) in [6.07, 6.45) is 4.95. The number of carbonyl (C=O) groups is 3. The summed E-state index contributed by atoms with van der Waals surface area (Å²) in [7, 11) is 1.84. The molecule has 1 fully saturated rings. The Morgan fingerprint density at radius 1 is 0.956 bits per heavy atom. The van der Waals surface area contributed by atoms with E-state index in [1.165, 1.54) is 6.07 Å². The summed E-state index contributed by atoms with van der Waals surface area (Å²) in [5.41, 5.74) is 1.92. The Hall–Kier alpha value is -4.27. The van der Waals surface area contributed by atoms with Crippen molar-refractivity contribution >= 4 is 23.6 Å². The normalized spacial score (nSPS) is 16.9. The van der Waals surface area contributed by atoms with Crippen LogP contribution in [0.1, 0.15) is 79.2 Å². The van der Waals surface area contributed by atoms with Gasteiger partial charge in [0.1, 0.15) is 11.4 Å². The Morgan fingerprint density at radius 3 is 2.22 bits per heavy atom. The van der Waals surface area contributed by atoms with Gasteiger partial charge in [-0.1, -0.05) is 42.5 Å². The van der Waals surface area contributed by atoms with Crippen molar-refractivity contribution in [1.82, 2.24) is 15.2 Å². The zero-order chi connectivity index (χ0) is 32.9. The number of hydrogen-bond acceptors (Lipinski definition) is 5. The number of nitrogens with zero attached hydrogens (tertiary/aromatic N) is 2. The second-order valence-electron chi connectivity index (χ2n) is 13.5. The quantitative estimate of drug-likeness (QED) is 0.270. The average molecular weight is 617 g/mol. The number of anilines is 1. The second kappa shape index (κ2) is 13.8. The predicted molar refractivity (Wildman–Crippen MR) is 175 cm³/mol. The van der Waals surface area contributed by atoms with Crippen molar-refractivity contribution < 1.29 is 23.5 Å². The summed E-state index contributed by atoms with van der Waals surface area (Å²) in [5.74, 6) is -0.241. The minimum absolute atomic E-state index is 0.0686. The first kappa shape index (κ1) is 33.6. The maximum Gasteiger partial charge on any atom is 0.408 e. The molecular weight excluding hydrogens is 571 g/mol. The molecule has 0 radical (unpaired) electrons. The Bertz CT molecular complexity index is 1530. The fourth-order valence-electron chi connectivity index (χ4n) is 5.86. The van der Waals surface area contributed by atoms with Crippen molar-refractivity contribution in [2.75, 3.05) is 12.4 Å². The minimum atomic E-state index is -1.03. The standard InChI is InChI=1S/C36H45FN4O4/c1-23(42)41(7)28-16-13-24(14-17-28)19-32(43)39-27-21-29(25-11-9-8-10-12-25)33(38-22-27)26-15-18-30(31(37)20-26)36(5,6)40-34(44)45-35(2,3)4/h8-12,15,18,20-22,24,28H,13-14,16-17,19H2,1-7H3,(H,39,43)(H,40,44). The lowest BCUT2D eigenvalue weighted by Crippen LogP contribution is -2.44. The van der Waals surface area contributed by atoms with E-state index < -0.39 is 23.1 Å². The van der Waals surface area contributed by atoms with E-state index in [2.05, 4.69) is 15.6 Å². The molecule has 0 aliphatic heterocycles.